The van der Waals surface area contributed by atoms with E-state index in [4.69, 9.17) is 0 Å². The number of amides is 1. The molecule has 1 N–H and O–H groups in total. The molecule has 0 saturated carbocycles. The van der Waals surface area contributed by atoms with Crippen LogP contribution in [0, 0.1) is 18.4 Å². The molecule has 7 nitrogen and oxygen atoms in total. The van der Waals surface area contributed by atoms with Crippen molar-refractivity contribution in [3.05, 3.63) is 95.8 Å². The maximum Gasteiger partial charge on any atom is 0.223 e. The number of guanidine groups is 1. The smallest absolute Gasteiger partial charge is 0.223 e. The van der Waals surface area contributed by atoms with Gasteiger partial charge in [0.1, 0.15) is 0 Å². The van der Waals surface area contributed by atoms with E-state index >= 15 is 0 Å². The molecule has 1 aromatic heterocycles. The number of aryl methyl sites for hydroxylation is 2. The number of aromatic nitrogens is 1. The van der Waals surface area contributed by atoms with Gasteiger partial charge in [0.2, 0.25) is 18.1 Å². The van der Waals surface area contributed by atoms with Crippen LogP contribution < -0.4 is 5.32 Å². The molecule has 1 aliphatic heterocycles. The quantitative estimate of drug-likeness (QED) is 0.357. The van der Waals surface area contributed by atoms with Gasteiger partial charge < -0.3 is 15.1 Å². The number of para-hydroxylation sites is 1. The highest BCUT2D eigenvalue weighted by atomic mass is 16.2. The number of hydrogen-bond donors (Lipinski definition) is 1. The number of anilines is 1. The molecule has 0 aliphatic carbocycles. The molecular formula is C27H28N6O. The van der Waals surface area contributed by atoms with Crippen LogP contribution >= 0.6 is 0 Å². The number of nitrogens with zero attached hydrogens (tertiary/aromatic N) is 5. The van der Waals surface area contributed by atoms with Crippen LogP contribution in [-0.4, -0.2) is 46.3 Å². The number of carbonyl (C=O) groups excluding carboxylic acids is 1. The lowest BCUT2D eigenvalue weighted by Crippen LogP contribution is -2.53. The van der Waals surface area contributed by atoms with Gasteiger partial charge >= 0.3 is 0 Å². The second-order valence-electron chi connectivity index (χ2n) is 8.26. The van der Waals surface area contributed by atoms with Crippen LogP contribution in [0.15, 0.2) is 84.0 Å². The number of benzene rings is 2. The summed E-state index contributed by atoms with van der Waals surface area (Å²) in [6, 6.07) is 23.6. The molecule has 2 aromatic carbocycles. The van der Waals surface area contributed by atoms with Crippen molar-refractivity contribution in [1.29, 1.82) is 5.26 Å². The maximum absolute atomic E-state index is 13.3. The van der Waals surface area contributed by atoms with Gasteiger partial charge in [0, 0.05) is 43.6 Å². The van der Waals surface area contributed by atoms with E-state index < -0.39 is 0 Å². The highest BCUT2D eigenvalue weighted by Crippen LogP contribution is 2.27. The Bertz CT molecular complexity index is 1170. The van der Waals surface area contributed by atoms with E-state index in [9.17, 15) is 10.1 Å². The summed E-state index contributed by atoms with van der Waals surface area (Å²) in [6.45, 7) is 3.68. The molecule has 1 unspecified atom stereocenters. The summed E-state index contributed by atoms with van der Waals surface area (Å²) in [6.07, 6.45) is 4.69. The number of piperazine rings is 1. The normalized spacial score (nSPS) is 16.1. The molecule has 2 heterocycles. The Kier molecular flexibility index (Phi) is 7.51. The Hall–Kier alpha value is -4.18. The Morgan fingerprint density at radius 1 is 1.09 bits per heavy atom. The van der Waals surface area contributed by atoms with E-state index in [1.165, 1.54) is 0 Å². The van der Waals surface area contributed by atoms with Crippen molar-refractivity contribution in [2.75, 3.05) is 25.0 Å². The Balaban J connectivity index is 1.53. The zero-order valence-electron chi connectivity index (χ0n) is 19.3. The van der Waals surface area contributed by atoms with E-state index in [2.05, 4.69) is 20.2 Å². The Morgan fingerprint density at radius 3 is 2.59 bits per heavy atom. The Morgan fingerprint density at radius 2 is 1.85 bits per heavy atom. The molecule has 3 aromatic rings. The minimum atomic E-state index is -0.145. The van der Waals surface area contributed by atoms with Crippen LogP contribution in [0.25, 0.3) is 0 Å². The summed E-state index contributed by atoms with van der Waals surface area (Å²) in [5.41, 5.74) is 3.94. The minimum Gasteiger partial charge on any atom is -0.338 e. The second kappa shape index (κ2) is 11.1. The summed E-state index contributed by atoms with van der Waals surface area (Å²) < 4.78 is 0. The van der Waals surface area contributed by atoms with E-state index in [1.807, 2.05) is 90.8 Å². The van der Waals surface area contributed by atoms with Crippen LogP contribution in [0.1, 0.15) is 29.3 Å². The fourth-order valence-electron chi connectivity index (χ4n) is 4.22. The first-order valence-electron chi connectivity index (χ1n) is 11.4. The van der Waals surface area contributed by atoms with E-state index in [-0.39, 0.29) is 11.9 Å². The molecule has 7 heteroatoms. The largest absolute Gasteiger partial charge is 0.338 e. The van der Waals surface area contributed by atoms with Crippen LogP contribution in [0.2, 0.25) is 0 Å². The number of pyridine rings is 1. The fraction of sp³-hybridized carbons (Fsp3) is 0.259. The number of hydrogen-bond acceptors (Lipinski definition) is 4. The number of nitriles is 1. The molecule has 34 heavy (non-hydrogen) atoms. The standard InChI is InChI=1S/C27H28N6O/c1-21-9-5-6-13-24(21)31-27(30-20-28)32-17-18-33(25(19-32)22-10-3-2-4-11-22)26(34)15-14-23-12-7-8-16-29-23/h2-13,16,25H,14-15,17-19H2,1H3,(H,30,31). The van der Waals surface area contributed by atoms with Crippen LogP contribution in [0.5, 0.6) is 0 Å². The second-order valence-corrected chi connectivity index (χ2v) is 8.26. The van der Waals surface area contributed by atoms with Gasteiger partial charge in [-0.1, -0.05) is 54.6 Å². The van der Waals surface area contributed by atoms with E-state index in [1.54, 1.807) is 6.20 Å². The summed E-state index contributed by atoms with van der Waals surface area (Å²) in [7, 11) is 0. The van der Waals surface area contributed by atoms with Crippen molar-refractivity contribution in [2.45, 2.75) is 25.8 Å². The number of nitrogens with one attached hydrogen (secondary N) is 1. The first-order valence-corrected chi connectivity index (χ1v) is 11.4. The van der Waals surface area contributed by atoms with Gasteiger partial charge in [0.25, 0.3) is 0 Å². The predicted octanol–water partition coefficient (Wildman–Crippen LogP) is 4.16. The van der Waals surface area contributed by atoms with E-state index in [0.29, 0.717) is 38.4 Å². The lowest BCUT2D eigenvalue weighted by molar-refractivity contribution is -0.135. The third-order valence-corrected chi connectivity index (χ3v) is 6.05. The number of carbonyl (C=O) groups is 1. The van der Waals surface area contributed by atoms with Crippen molar-refractivity contribution in [2.24, 2.45) is 4.99 Å². The highest BCUT2D eigenvalue weighted by Gasteiger charge is 2.33. The third-order valence-electron chi connectivity index (χ3n) is 6.05. The molecule has 1 fully saturated rings. The fourth-order valence-corrected chi connectivity index (χ4v) is 4.22. The maximum atomic E-state index is 13.3. The van der Waals surface area contributed by atoms with Crippen molar-refractivity contribution < 1.29 is 4.79 Å². The monoisotopic (exact) mass is 452 g/mol. The zero-order chi connectivity index (χ0) is 23.8. The minimum absolute atomic E-state index is 0.102. The van der Waals surface area contributed by atoms with Gasteiger partial charge in [0.15, 0.2) is 0 Å². The predicted molar refractivity (Wildman–Crippen MR) is 133 cm³/mol. The van der Waals surface area contributed by atoms with Crippen molar-refractivity contribution in [1.82, 2.24) is 14.8 Å². The molecule has 1 atom stereocenters. The zero-order valence-corrected chi connectivity index (χ0v) is 19.3. The summed E-state index contributed by atoms with van der Waals surface area (Å²) >= 11 is 0. The average Bonchev–Trinajstić information content (AvgIpc) is 2.89. The van der Waals surface area contributed by atoms with Gasteiger partial charge in [-0.25, -0.2) is 0 Å². The first kappa shape index (κ1) is 23.0. The van der Waals surface area contributed by atoms with Gasteiger partial charge in [-0.2, -0.15) is 5.26 Å². The lowest BCUT2D eigenvalue weighted by Gasteiger charge is -2.42. The van der Waals surface area contributed by atoms with Crippen molar-refractivity contribution in [3.8, 4) is 6.19 Å². The Labute approximate surface area is 200 Å². The highest BCUT2D eigenvalue weighted by molar-refractivity contribution is 5.95. The molecule has 1 aliphatic rings. The molecule has 0 spiro atoms. The molecular weight excluding hydrogens is 424 g/mol. The van der Waals surface area contributed by atoms with Gasteiger partial charge in [-0.15, -0.1) is 4.99 Å². The molecule has 1 saturated heterocycles. The van der Waals surface area contributed by atoms with Gasteiger partial charge in [-0.05, 0) is 42.7 Å². The van der Waals surface area contributed by atoms with Crippen molar-refractivity contribution in [3.63, 3.8) is 0 Å². The topological polar surface area (TPSA) is 84.6 Å². The lowest BCUT2D eigenvalue weighted by atomic mass is 10.0. The summed E-state index contributed by atoms with van der Waals surface area (Å²) in [5.74, 6) is 0.600. The first-order chi connectivity index (χ1) is 16.7. The number of aliphatic imine (C=N–C) groups is 1. The van der Waals surface area contributed by atoms with Crippen LogP contribution in [-0.2, 0) is 11.2 Å². The average molecular weight is 453 g/mol. The van der Waals surface area contributed by atoms with E-state index in [0.717, 1.165) is 22.5 Å². The van der Waals surface area contributed by atoms with Crippen LogP contribution in [0.4, 0.5) is 5.69 Å². The molecule has 172 valence electrons. The van der Waals surface area contributed by atoms with Gasteiger partial charge in [0.05, 0.1) is 6.04 Å². The SMILES string of the molecule is Cc1ccccc1N/C(=N/C#N)N1CCN(C(=O)CCc2ccccn2)C(c2ccccc2)C1. The number of rotatable bonds is 5. The van der Waals surface area contributed by atoms with Gasteiger partial charge in [-0.3, -0.25) is 9.78 Å². The molecule has 4 rings (SSSR count). The molecule has 1 amide bonds. The summed E-state index contributed by atoms with van der Waals surface area (Å²) in [4.78, 5) is 25.7. The molecule has 0 radical (unpaired) electrons. The third kappa shape index (κ3) is 5.59. The molecule has 0 bridgehead atoms. The summed E-state index contributed by atoms with van der Waals surface area (Å²) in [5, 5.41) is 12.7. The van der Waals surface area contributed by atoms with Crippen molar-refractivity contribution >= 4 is 17.6 Å². The van der Waals surface area contributed by atoms with Crippen LogP contribution in [0.3, 0.4) is 0 Å².